The van der Waals surface area contributed by atoms with Crippen LogP contribution in [0.1, 0.15) is 38.7 Å². The van der Waals surface area contributed by atoms with Crippen molar-refractivity contribution in [3.8, 4) is 0 Å². The molecule has 1 fully saturated rings. The maximum Gasteiger partial charge on any atom is 0.314 e. The lowest BCUT2D eigenvalue weighted by Crippen LogP contribution is -2.52. The summed E-state index contributed by atoms with van der Waals surface area (Å²) < 4.78 is 5.36. The van der Waals surface area contributed by atoms with Crippen LogP contribution in [0.2, 0.25) is 5.02 Å². The first-order valence-electron chi connectivity index (χ1n) is 9.30. The van der Waals surface area contributed by atoms with Crippen LogP contribution in [0, 0.1) is 5.41 Å². The third kappa shape index (κ3) is 5.96. The van der Waals surface area contributed by atoms with Crippen molar-refractivity contribution in [1.29, 1.82) is 0 Å². The lowest BCUT2D eigenvalue weighted by Gasteiger charge is -2.41. The number of halogens is 1. The molecule has 0 saturated carbocycles. The summed E-state index contributed by atoms with van der Waals surface area (Å²) in [7, 11) is 0. The van der Waals surface area contributed by atoms with Gasteiger partial charge in [0.05, 0.1) is 12.0 Å². The number of hydrogen-bond acceptors (Lipinski definition) is 4. The number of carbonyl (C=O) groups excluding carboxylic acids is 3. The molecule has 1 aromatic carbocycles. The molecule has 0 bridgehead atoms. The van der Waals surface area contributed by atoms with E-state index in [1.165, 1.54) is 6.92 Å². The third-order valence-electron chi connectivity index (χ3n) is 4.78. The van der Waals surface area contributed by atoms with Crippen molar-refractivity contribution >= 4 is 29.4 Å². The van der Waals surface area contributed by atoms with Crippen molar-refractivity contribution < 1.29 is 19.1 Å². The number of esters is 1. The Morgan fingerprint density at radius 1 is 1.33 bits per heavy atom. The molecule has 2 amide bonds. The van der Waals surface area contributed by atoms with Crippen LogP contribution >= 0.6 is 11.6 Å². The molecule has 1 aliphatic rings. The molecule has 1 heterocycles. The molecule has 27 heavy (non-hydrogen) atoms. The fraction of sp³-hybridized carbons (Fsp3) is 0.550. The molecule has 1 aromatic rings. The summed E-state index contributed by atoms with van der Waals surface area (Å²) in [5.41, 5.74) is 0.172. The highest BCUT2D eigenvalue weighted by atomic mass is 35.5. The normalized spacial score (nSPS) is 19.4. The van der Waals surface area contributed by atoms with Crippen LogP contribution < -0.4 is 5.32 Å². The number of nitrogens with zero attached hydrogens (tertiary/aromatic N) is 1. The van der Waals surface area contributed by atoms with Crippen LogP contribution in [0.15, 0.2) is 24.3 Å². The molecular formula is C20H27ClN2O4. The molecule has 148 valence electrons. The van der Waals surface area contributed by atoms with Gasteiger partial charge in [-0.15, -0.1) is 0 Å². The van der Waals surface area contributed by atoms with Gasteiger partial charge in [-0.2, -0.15) is 0 Å². The molecule has 6 nitrogen and oxygen atoms in total. The van der Waals surface area contributed by atoms with Gasteiger partial charge in [0.25, 0.3) is 0 Å². The first-order chi connectivity index (χ1) is 12.9. The van der Waals surface area contributed by atoms with E-state index in [0.29, 0.717) is 44.1 Å². The number of carbonyl (C=O) groups is 3. The van der Waals surface area contributed by atoms with Gasteiger partial charge in [0.15, 0.2) is 0 Å². The number of rotatable bonds is 7. The molecule has 1 aliphatic heterocycles. The molecule has 2 rings (SSSR count). The van der Waals surface area contributed by atoms with Crippen LogP contribution in [0.4, 0.5) is 0 Å². The number of nitrogens with one attached hydrogen (secondary N) is 1. The minimum atomic E-state index is -0.775. The molecule has 1 atom stereocenters. The smallest absolute Gasteiger partial charge is 0.314 e. The second-order valence-electron chi connectivity index (χ2n) is 6.96. The SMILES string of the molecule is CCOC(=O)C1(Cc2cccc(Cl)c2)CCCN(C(=O)CCNC(C)=O)C1. The summed E-state index contributed by atoms with van der Waals surface area (Å²) in [5.74, 6) is -0.504. The average molecular weight is 395 g/mol. The summed E-state index contributed by atoms with van der Waals surface area (Å²) in [6.45, 7) is 4.72. The van der Waals surface area contributed by atoms with Crippen LogP contribution in [0.3, 0.4) is 0 Å². The topological polar surface area (TPSA) is 75.7 Å². The molecular weight excluding hydrogens is 368 g/mol. The minimum absolute atomic E-state index is 0.0665. The van der Waals surface area contributed by atoms with Gasteiger partial charge in [0.2, 0.25) is 11.8 Å². The highest BCUT2D eigenvalue weighted by Crippen LogP contribution is 2.36. The van der Waals surface area contributed by atoms with Crippen molar-refractivity contribution in [3.05, 3.63) is 34.9 Å². The zero-order chi connectivity index (χ0) is 19.9. The zero-order valence-corrected chi connectivity index (χ0v) is 16.7. The van der Waals surface area contributed by atoms with Gasteiger partial charge in [-0.1, -0.05) is 23.7 Å². The van der Waals surface area contributed by atoms with Gasteiger partial charge in [0, 0.05) is 38.0 Å². The van der Waals surface area contributed by atoms with E-state index in [-0.39, 0.29) is 24.2 Å². The maximum absolute atomic E-state index is 12.8. The number of benzene rings is 1. The highest BCUT2D eigenvalue weighted by Gasteiger charge is 2.44. The number of amides is 2. The Hall–Kier alpha value is -2.08. The second-order valence-corrected chi connectivity index (χ2v) is 7.40. The summed E-state index contributed by atoms with van der Waals surface area (Å²) in [6, 6.07) is 7.43. The lowest BCUT2D eigenvalue weighted by molar-refractivity contribution is -0.160. The number of likely N-dealkylation sites (tertiary alicyclic amines) is 1. The van der Waals surface area contributed by atoms with Crippen molar-refractivity contribution in [2.75, 3.05) is 26.2 Å². The van der Waals surface area contributed by atoms with Gasteiger partial charge in [-0.3, -0.25) is 14.4 Å². The van der Waals surface area contributed by atoms with Crippen LogP contribution in [0.5, 0.6) is 0 Å². The van der Waals surface area contributed by atoms with E-state index in [0.717, 1.165) is 12.0 Å². The molecule has 0 aliphatic carbocycles. The standard InChI is InChI=1S/C20H27ClN2O4/c1-3-27-19(26)20(13-16-6-4-7-17(21)12-16)9-5-11-23(14-20)18(25)8-10-22-15(2)24/h4,6-7,12H,3,5,8-11,13-14H2,1-2H3,(H,22,24). The molecule has 0 radical (unpaired) electrons. The first-order valence-corrected chi connectivity index (χ1v) is 9.68. The van der Waals surface area contributed by atoms with E-state index in [1.807, 2.05) is 18.2 Å². The van der Waals surface area contributed by atoms with Gasteiger partial charge in [-0.25, -0.2) is 0 Å². The van der Waals surface area contributed by atoms with Gasteiger partial charge >= 0.3 is 5.97 Å². The Labute approximate surface area is 165 Å². The molecule has 0 spiro atoms. The van der Waals surface area contributed by atoms with Crippen molar-refractivity contribution in [1.82, 2.24) is 10.2 Å². The largest absolute Gasteiger partial charge is 0.466 e. The third-order valence-corrected chi connectivity index (χ3v) is 5.02. The van der Waals surface area contributed by atoms with E-state index in [2.05, 4.69) is 5.32 Å². The monoisotopic (exact) mass is 394 g/mol. The van der Waals surface area contributed by atoms with E-state index in [4.69, 9.17) is 16.3 Å². The fourth-order valence-electron chi connectivity index (χ4n) is 3.55. The molecule has 7 heteroatoms. The van der Waals surface area contributed by atoms with E-state index in [9.17, 15) is 14.4 Å². The summed E-state index contributed by atoms with van der Waals surface area (Å²) >= 11 is 6.10. The Morgan fingerprint density at radius 3 is 2.78 bits per heavy atom. The molecule has 0 aromatic heterocycles. The number of ether oxygens (including phenoxy) is 1. The van der Waals surface area contributed by atoms with Crippen LogP contribution in [-0.2, 0) is 25.5 Å². The van der Waals surface area contributed by atoms with Crippen molar-refractivity contribution in [2.24, 2.45) is 5.41 Å². The van der Waals surface area contributed by atoms with E-state index in [1.54, 1.807) is 17.9 Å². The second kappa shape index (κ2) is 9.74. The summed E-state index contributed by atoms with van der Waals surface area (Å²) in [6.07, 6.45) is 2.08. The Bertz CT molecular complexity index is 694. The van der Waals surface area contributed by atoms with Crippen molar-refractivity contribution in [3.63, 3.8) is 0 Å². The number of hydrogen-bond donors (Lipinski definition) is 1. The minimum Gasteiger partial charge on any atom is -0.466 e. The van der Waals surface area contributed by atoms with Crippen LogP contribution in [-0.4, -0.2) is 48.9 Å². The quantitative estimate of drug-likeness (QED) is 0.721. The number of piperidine rings is 1. The van der Waals surface area contributed by atoms with Gasteiger partial charge in [0.1, 0.15) is 0 Å². The van der Waals surface area contributed by atoms with Crippen molar-refractivity contribution in [2.45, 2.75) is 39.5 Å². The molecule has 1 unspecified atom stereocenters. The van der Waals surface area contributed by atoms with Gasteiger partial charge in [-0.05, 0) is 43.9 Å². The highest BCUT2D eigenvalue weighted by molar-refractivity contribution is 6.30. The van der Waals surface area contributed by atoms with E-state index >= 15 is 0 Å². The zero-order valence-electron chi connectivity index (χ0n) is 15.9. The van der Waals surface area contributed by atoms with E-state index < -0.39 is 5.41 Å². The Kier molecular flexibility index (Phi) is 7.66. The predicted octanol–water partition coefficient (Wildman–Crippen LogP) is 2.58. The lowest BCUT2D eigenvalue weighted by atomic mass is 9.75. The Balaban J connectivity index is 2.16. The Morgan fingerprint density at radius 2 is 2.11 bits per heavy atom. The summed E-state index contributed by atoms with van der Waals surface area (Å²) in [4.78, 5) is 38.1. The molecule has 1 saturated heterocycles. The average Bonchev–Trinajstić information content (AvgIpc) is 2.61. The maximum atomic E-state index is 12.8. The fourth-order valence-corrected chi connectivity index (χ4v) is 3.77. The van der Waals surface area contributed by atoms with Gasteiger partial charge < -0.3 is 15.0 Å². The molecule has 1 N–H and O–H groups in total. The summed E-state index contributed by atoms with van der Waals surface area (Å²) in [5, 5.41) is 3.25. The predicted molar refractivity (Wildman–Crippen MR) is 103 cm³/mol. The first kappa shape index (κ1) is 21.2. The van der Waals surface area contributed by atoms with Crippen LogP contribution in [0.25, 0.3) is 0 Å².